The highest BCUT2D eigenvalue weighted by Crippen LogP contribution is 2.49. The summed E-state index contributed by atoms with van der Waals surface area (Å²) in [5.74, 6) is 6.88. The van der Waals surface area contributed by atoms with E-state index in [9.17, 15) is 28.8 Å². The van der Waals surface area contributed by atoms with Crippen LogP contribution in [0.5, 0.6) is 0 Å². The molecule has 7 unspecified atom stereocenters. The molecule has 0 bridgehead atoms. The summed E-state index contributed by atoms with van der Waals surface area (Å²) in [5, 5.41) is 0. The molecule has 66 heavy (non-hydrogen) atoms. The molecule has 10 nitrogen and oxygen atoms in total. The van der Waals surface area contributed by atoms with Gasteiger partial charge in [0.2, 0.25) is 15.6 Å². The van der Waals surface area contributed by atoms with Crippen LogP contribution in [0.1, 0.15) is 65.7 Å². The largest absolute Gasteiger partial charge is 0.432 e. The monoisotopic (exact) mass is 1240 g/mol. The zero-order chi connectivity index (χ0) is 52.8. The number of thiol groups is 1. The molecule has 6 N–H and O–H groups in total. The van der Waals surface area contributed by atoms with Crippen molar-refractivity contribution in [1.29, 1.82) is 0 Å². The van der Waals surface area contributed by atoms with Crippen LogP contribution in [0, 0.1) is 0 Å². The Balaban J connectivity index is -0.000000391. The lowest BCUT2D eigenvalue weighted by Crippen LogP contribution is -2.39. The van der Waals surface area contributed by atoms with Gasteiger partial charge in [-0.25, -0.2) is 0 Å². The van der Waals surface area contributed by atoms with Gasteiger partial charge >= 0.3 is 8.23 Å². The van der Waals surface area contributed by atoms with Crippen LogP contribution < -0.4 is 0 Å². The van der Waals surface area contributed by atoms with Gasteiger partial charge in [0, 0.05) is 28.4 Å². The third kappa shape index (κ3) is 50.8. The lowest BCUT2D eigenvalue weighted by Gasteiger charge is -2.33. The van der Waals surface area contributed by atoms with E-state index in [0.717, 1.165) is 93.6 Å². The van der Waals surface area contributed by atoms with Gasteiger partial charge in [0.15, 0.2) is 49.9 Å². The lowest BCUT2D eigenvalue weighted by atomic mass is 10.4. The van der Waals surface area contributed by atoms with E-state index in [1.165, 1.54) is 56.7 Å². The Morgan fingerprint density at radius 3 is 0.985 bits per heavy atom. The summed E-state index contributed by atoms with van der Waals surface area (Å²) in [6, 6.07) is 4.83. The first-order chi connectivity index (χ1) is 29.7. The Labute approximate surface area is 436 Å². The molecule has 7 atom stereocenters. The number of unbranched alkanes of at least 4 members (excludes halogenated alkanes) is 3. The first kappa shape index (κ1) is 77.2. The van der Waals surface area contributed by atoms with Crippen molar-refractivity contribution in [3.8, 4) is 0 Å². The molecule has 0 aromatic rings. The third-order valence-electron chi connectivity index (χ3n) is 10.2. The van der Waals surface area contributed by atoms with Gasteiger partial charge in [-0.15, -0.1) is 40.6 Å². The summed E-state index contributed by atoms with van der Waals surface area (Å²) in [6.45, 7) is 35.8. The van der Waals surface area contributed by atoms with Gasteiger partial charge in [-0.1, -0.05) is 80.0 Å². The van der Waals surface area contributed by atoms with E-state index in [1.54, 1.807) is 14.2 Å². The van der Waals surface area contributed by atoms with Gasteiger partial charge in [0.05, 0.1) is 7.41 Å². The van der Waals surface area contributed by atoms with Crippen molar-refractivity contribution in [2.24, 2.45) is 0 Å². The molecule has 0 aliphatic rings. The lowest BCUT2D eigenvalue weighted by molar-refractivity contribution is 0.266. The van der Waals surface area contributed by atoms with E-state index in [-0.39, 0.29) is 0 Å². The normalized spacial score (nSPS) is 16.9. The second kappa shape index (κ2) is 38.3. The molecule has 0 aliphatic carbocycles. The Hall–Kier alpha value is 4.70. The predicted octanol–water partition coefficient (Wildman–Crippen LogP) is 11.8. The Bertz CT molecular complexity index is 1140. The summed E-state index contributed by atoms with van der Waals surface area (Å²) < 4.78 is 22.9. The van der Waals surface area contributed by atoms with Crippen LogP contribution in [0.4, 0.5) is 0 Å². The van der Waals surface area contributed by atoms with Crippen molar-refractivity contribution < 1.29 is 46.5 Å². The number of hydrogen-bond donors (Lipinski definition) is 7. The molecule has 0 fully saturated rings. The van der Waals surface area contributed by atoms with Crippen molar-refractivity contribution in [1.82, 2.24) is 0 Å². The zero-order valence-electron chi connectivity index (χ0n) is 46.5. The van der Waals surface area contributed by atoms with Crippen LogP contribution in [-0.4, -0.2) is 179 Å². The average Bonchev–Trinajstić information content (AvgIpc) is 3.19. The van der Waals surface area contributed by atoms with Crippen LogP contribution in [-0.2, 0) is 17.7 Å². The first-order valence-corrected chi connectivity index (χ1v) is 66.6. The maximum Gasteiger partial charge on any atom is 0.360 e. The summed E-state index contributed by atoms with van der Waals surface area (Å²) in [6.07, 6.45) is 8.58. The van der Waals surface area contributed by atoms with Crippen molar-refractivity contribution in [2.45, 2.75) is 182 Å². The van der Waals surface area contributed by atoms with Gasteiger partial charge in [-0.05, 0) is 150 Å². The molecule has 0 saturated heterocycles. The SMILES string of the molecule is CCCC[Si](C)(OC)PC[Si](C)(C)O.CCCC[Si](C)(PC[Si](C)(C)O)PC[Si](C)(C)O.CCCC[Si](OC)(PC[Si](C)(C)O)PC[Si](C)(C)O.CO[Si](CCCS)(OC)PC[Si](C)(C)O. The minimum atomic E-state index is -2.02. The fourth-order valence-corrected chi connectivity index (χ4v) is 93.4. The summed E-state index contributed by atoms with van der Waals surface area (Å²) in [7, 11) is -5.66. The highest BCUT2D eigenvalue weighted by molar-refractivity contribution is 8.13. The van der Waals surface area contributed by atoms with Crippen molar-refractivity contribution >= 4 is 143 Å². The molecule has 0 saturated carbocycles. The molecule has 0 rings (SSSR count). The molecule has 0 radical (unpaired) electrons. The molecule has 0 heterocycles. The molecule has 0 spiro atoms. The van der Waals surface area contributed by atoms with Crippen molar-refractivity contribution in [3.63, 3.8) is 0 Å². The minimum Gasteiger partial charge on any atom is -0.432 e. The molecular weight excluding hydrogens is 1130 g/mol. The molecule has 0 aromatic heterocycles. The Kier molecular flexibility index (Phi) is 44.8. The highest BCUT2D eigenvalue weighted by Gasteiger charge is 2.39. The van der Waals surface area contributed by atoms with Crippen LogP contribution in [0.3, 0.4) is 0 Å². The number of rotatable bonds is 34. The molecule has 0 amide bonds. The molecule has 27 heteroatoms. The van der Waals surface area contributed by atoms with Crippen LogP contribution in [0.15, 0.2) is 0 Å². The van der Waals surface area contributed by atoms with E-state index < -0.39 is 81.2 Å². The van der Waals surface area contributed by atoms with E-state index in [4.69, 9.17) is 17.7 Å². The molecular formula is C39H112O10P6SSi10. The van der Waals surface area contributed by atoms with Gasteiger partial charge < -0.3 is 46.5 Å². The highest BCUT2D eigenvalue weighted by atomic mass is 32.1. The minimum absolute atomic E-state index is 0.627. The van der Waals surface area contributed by atoms with Gasteiger partial charge in [0.25, 0.3) is 0 Å². The van der Waals surface area contributed by atoms with Gasteiger partial charge in [0.1, 0.15) is 0 Å². The summed E-state index contributed by atoms with van der Waals surface area (Å²) in [4.78, 5) is 60.0. The van der Waals surface area contributed by atoms with Gasteiger partial charge in [-0.3, -0.25) is 0 Å². The van der Waals surface area contributed by atoms with Crippen LogP contribution in [0.2, 0.25) is 116 Å². The standard InChI is InChI=1S/C11H32O3P2Si3.C11H32O2P2Si3.C9H25O2PSi2.C8H23O3PSSi2/c1-7-8-9-19(14-2,15-10-17(3,4)12)16-11-18(5,6)13;1-7-8-9-18(6,14-10-16(2,3)12)15-11-17(4,5)13;1-6-7-8-14(5,11-2)12-9-13(3,4)10;1-10-15(11-2,7-5-6-13)12-8-14(3,4)9/h12-13,15-16H,7-11H2,1-6H3;12-15H,7-11H2,1-6H3;10,12H,6-9H2,1-5H3;9,12-13H,5-8H2,1-4H3. The maximum atomic E-state index is 10.1. The van der Waals surface area contributed by atoms with Crippen molar-refractivity contribution in [2.75, 3.05) is 68.9 Å². The molecule has 0 aliphatic heterocycles. The van der Waals surface area contributed by atoms with Gasteiger partial charge in [-0.2, -0.15) is 12.6 Å². The summed E-state index contributed by atoms with van der Waals surface area (Å²) in [5.41, 5.74) is 0. The van der Waals surface area contributed by atoms with E-state index >= 15 is 0 Å². The zero-order valence-corrected chi connectivity index (χ0v) is 63.4. The average molecular weight is 1240 g/mol. The predicted molar refractivity (Wildman–Crippen MR) is 342 cm³/mol. The molecule has 0 aromatic carbocycles. The Morgan fingerprint density at radius 1 is 0.364 bits per heavy atom. The molecule has 404 valence electrons. The maximum absolute atomic E-state index is 10.1. The first-order valence-electron chi connectivity index (χ1n) is 24.4. The Morgan fingerprint density at radius 2 is 0.682 bits per heavy atom. The van der Waals surface area contributed by atoms with Crippen LogP contribution in [0.25, 0.3) is 0 Å². The fraction of sp³-hybridized carbons (Fsp3) is 1.00. The van der Waals surface area contributed by atoms with Crippen molar-refractivity contribution in [3.05, 3.63) is 0 Å². The van der Waals surface area contributed by atoms with E-state index in [0.29, 0.717) is 8.13 Å². The topological polar surface area (TPSA) is 158 Å². The van der Waals surface area contributed by atoms with E-state index in [1.807, 2.05) is 66.6 Å². The quantitative estimate of drug-likeness (QED) is 0.0188. The third-order valence-corrected chi connectivity index (χ3v) is 82.6. The van der Waals surface area contributed by atoms with Crippen LogP contribution >= 0.6 is 61.4 Å². The second-order valence-electron chi connectivity index (χ2n) is 22.1. The van der Waals surface area contributed by atoms with E-state index in [2.05, 4.69) is 72.7 Å². The summed E-state index contributed by atoms with van der Waals surface area (Å²) >= 11 is 4.21. The second-order valence-corrected chi connectivity index (χ2v) is 93.1. The smallest absolute Gasteiger partial charge is 0.360 e. The fourth-order valence-electron chi connectivity index (χ4n) is 5.58. The number of hydrogen-bond acceptors (Lipinski definition) is 11.